The van der Waals surface area contributed by atoms with E-state index in [0.717, 1.165) is 18.5 Å². The van der Waals surface area contributed by atoms with Gasteiger partial charge in [0.05, 0.1) is 6.04 Å². The smallest absolute Gasteiger partial charge is 0.195 e. The number of para-hydroxylation sites is 1. The molecule has 1 aliphatic heterocycles. The monoisotopic (exact) mass is 261 g/mol. The van der Waals surface area contributed by atoms with Crippen LogP contribution in [0.2, 0.25) is 0 Å². The van der Waals surface area contributed by atoms with Gasteiger partial charge in [-0.1, -0.05) is 51.2 Å². The Bertz CT molecular complexity index is 431. The topological polar surface area (TPSA) is 49.3 Å². The van der Waals surface area contributed by atoms with E-state index >= 15 is 0 Å². The van der Waals surface area contributed by atoms with Crippen molar-refractivity contribution < 1.29 is 9.90 Å². The Kier molecular flexibility index (Phi) is 4.97. The number of rotatable bonds is 6. The summed E-state index contributed by atoms with van der Waals surface area (Å²) in [4.78, 5) is 12.1. The van der Waals surface area contributed by atoms with Crippen molar-refractivity contribution in [3.8, 4) is 0 Å². The number of aliphatic hydroxyl groups excluding tert-OH is 1. The highest BCUT2D eigenvalue weighted by Crippen LogP contribution is 2.27. The van der Waals surface area contributed by atoms with Gasteiger partial charge in [0.1, 0.15) is 6.10 Å². The first kappa shape index (κ1) is 14.1. The number of unbranched alkanes of at least 4 members (excludes halogenated alkanes) is 4. The number of Topliss-reactive ketones (excluding diaryl/α,β-unsaturated/α-hetero) is 1. The van der Waals surface area contributed by atoms with Gasteiger partial charge in [0.2, 0.25) is 0 Å². The maximum Gasteiger partial charge on any atom is 0.195 e. The Hall–Kier alpha value is -1.35. The molecule has 0 spiro atoms. The van der Waals surface area contributed by atoms with E-state index in [1.807, 2.05) is 18.2 Å². The molecule has 0 bridgehead atoms. The maximum absolute atomic E-state index is 12.1. The highest BCUT2D eigenvalue weighted by molar-refractivity contribution is 6.06. The van der Waals surface area contributed by atoms with Crippen LogP contribution in [0, 0.1) is 0 Å². The summed E-state index contributed by atoms with van der Waals surface area (Å²) in [6.07, 6.45) is 5.92. The standard InChI is InChI=1S/C16H23NO2/c1-2-3-4-5-6-11-14-16(19)15(18)12-9-7-8-10-13(12)17-14/h7-10,14,16-17,19H,2-6,11H2,1H3. The van der Waals surface area contributed by atoms with Gasteiger partial charge < -0.3 is 10.4 Å². The summed E-state index contributed by atoms with van der Waals surface area (Å²) < 4.78 is 0. The van der Waals surface area contributed by atoms with Crippen LogP contribution in [0.15, 0.2) is 24.3 Å². The summed E-state index contributed by atoms with van der Waals surface area (Å²) in [7, 11) is 0. The fraction of sp³-hybridized carbons (Fsp3) is 0.562. The second kappa shape index (κ2) is 6.71. The molecule has 2 N–H and O–H groups in total. The molecule has 0 saturated heterocycles. The predicted octanol–water partition coefficient (Wildman–Crippen LogP) is 3.38. The Morgan fingerprint density at radius 2 is 1.89 bits per heavy atom. The molecule has 19 heavy (non-hydrogen) atoms. The first-order chi connectivity index (χ1) is 9.24. The lowest BCUT2D eigenvalue weighted by Crippen LogP contribution is -2.43. The van der Waals surface area contributed by atoms with Gasteiger partial charge in [-0.3, -0.25) is 4.79 Å². The lowest BCUT2D eigenvalue weighted by atomic mass is 9.91. The molecule has 0 saturated carbocycles. The quantitative estimate of drug-likeness (QED) is 0.772. The molecule has 2 unspecified atom stereocenters. The number of fused-ring (bicyclic) bond motifs is 1. The minimum absolute atomic E-state index is 0.135. The first-order valence-corrected chi connectivity index (χ1v) is 7.32. The second-order valence-corrected chi connectivity index (χ2v) is 5.31. The summed E-state index contributed by atoms with van der Waals surface area (Å²) in [5.74, 6) is -0.145. The molecular weight excluding hydrogens is 238 g/mol. The normalized spacial score (nSPS) is 21.9. The lowest BCUT2D eigenvalue weighted by Gasteiger charge is -2.30. The molecule has 0 aromatic heterocycles. The molecule has 2 rings (SSSR count). The summed E-state index contributed by atoms with van der Waals surface area (Å²) in [5.41, 5.74) is 1.47. The zero-order chi connectivity index (χ0) is 13.7. The van der Waals surface area contributed by atoms with E-state index in [1.54, 1.807) is 6.07 Å². The Morgan fingerprint density at radius 3 is 2.68 bits per heavy atom. The number of benzene rings is 1. The van der Waals surface area contributed by atoms with Crippen LogP contribution in [-0.2, 0) is 0 Å². The van der Waals surface area contributed by atoms with Crippen molar-refractivity contribution in [2.75, 3.05) is 5.32 Å². The van der Waals surface area contributed by atoms with Crippen molar-refractivity contribution in [3.63, 3.8) is 0 Å². The van der Waals surface area contributed by atoms with E-state index in [1.165, 1.54) is 25.7 Å². The van der Waals surface area contributed by atoms with E-state index in [-0.39, 0.29) is 11.8 Å². The number of anilines is 1. The predicted molar refractivity (Wildman–Crippen MR) is 77.6 cm³/mol. The first-order valence-electron chi connectivity index (χ1n) is 7.32. The van der Waals surface area contributed by atoms with Crippen molar-refractivity contribution in [2.24, 2.45) is 0 Å². The SMILES string of the molecule is CCCCCCCC1Nc2ccccc2C(=O)C1O. The number of carbonyl (C=O) groups excluding carboxylic acids is 1. The van der Waals surface area contributed by atoms with Crippen LogP contribution in [0.5, 0.6) is 0 Å². The Morgan fingerprint density at radius 1 is 1.16 bits per heavy atom. The second-order valence-electron chi connectivity index (χ2n) is 5.31. The van der Waals surface area contributed by atoms with Crippen molar-refractivity contribution >= 4 is 11.5 Å². The molecule has 1 aromatic rings. The molecule has 1 heterocycles. The molecule has 0 fully saturated rings. The van der Waals surface area contributed by atoms with Crippen LogP contribution >= 0.6 is 0 Å². The van der Waals surface area contributed by atoms with Crippen LogP contribution in [0.4, 0.5) is 5.69 Å². The average Bonchev–Trinajstić information content (AvgIpc) is 2.44. The minimum atomic E-state index is -0.902. The van der Waals surface area contributed by atoms with Gasteiger partial charge in [0.25, 0.3) is 0 Å². The van der Waals surface area contributed by atoms with Gasteiger partial charge in [-0.2, -0.15) is 0 Å². The third-order valence-electron chi connectivity index (χ3n) is 3.80. The number of hydrogen-bond donors (Lipinski definition) is 2. The highest BCUT2D eigenvalue weighted by atomic mass is 16.3. The number of nitrogens with one attached hydrogen (secondary N) is 1. The number of ketones is 1. The van der Waals surface area contributed by atoms with E-state index in [2.05, 4.69) is 12.2 Å². The van der Waals surface area contributed by atoms with E-state index in [9.17, 15) is 9.90 Å². The molecule has 2 atom stereocenters. The lowest BCUT2D eigenvalue weighted by molar-refractivity contribution is 0.0687. The maximum atomic E-state index is 12.1. The molecule has 1 aliphatic rings. The van der Waals surface area contributed by atoms with Gasteiger partial charge >= 0.3 is 0 Å². The van der Waals surface area contributed by atoms with Crippen molar-refractivity contribution in [1.82, 2.24) is 0 Å². The van der Waals surface area contributed by atoms with Gasteiger partial charge in [-0.15, -0.1) is 0 Å². The van der Waals surface area contributed by atoms with E-state index < -0.39 is 6.10 Å². The summed E-state index contributed by atoms with van der Waals surface area (Å²) >= 11 is 0. The van der Waals surface area contributed by atoms with Crippen molar-refractivity contribution in [1.29, 1.82) is 0 Å². The fourth-order valence-corrected chi connectivity index (χ4v) is 2.64. The van der Waals surface area contributed by atoms with Crippen molar-refractivity contribution in [3.05, 3.63) is 29.8 Å². The van der Waals surface area contributed by atoms with Crippen LogP contribution in [-0.4, -0.2) is 23.0 Å². The summed E-state index contributed by atoms with van der Waals surface area (Å²) in [5, 5.41) is 13.4. The molecule has 1 aromatic carbocycles. The molecule has 3 nitrogen and oxygen atoms in total. The van der Waals surface area contributed by atoms with Gasteiger partial charge in [0.15, 0.2) is 5.78 Å². The van der Waals surface area contributed by atoms with Gasteiger partial charge in [-0.25, -0.2) is 0 Å². The third kappa shape index (κ3) is 3.35. The fourth-order valence-electron chi connectivity index (χ4n) is 2.64. The largest absolute Gasteiger partial charge is 0.383 e. The molecule has 0 amide bonds. The van der Waals surface area contributed by atoms with Crippen LogP contribution in [0.1, 0.15) is 55.8 Å². The zero-order valence-corrected chi connectivity index (χ0v) is 11.6. The number of hydrogen-bond acceptors (Lipinski definition) is 3. The summed E-state index contributed by atoms with van der Waals surface area (Å²) in [6, 6.07) is 7.28. The molecule has 0 aliphatic carbocycles. The van der Waals surface area contributed by atoms with E-state index in [4.69, 9.17) is 0 Å². The summed E-state index contributed by atoms with van der Waals surface area (Å²) in [6.45, 7) is 2.20. The Labute approximate surface area is 115 Å². The van der Waals surface area contributed by atoms with Crippen LogP contribution in [0.25, 0.3) is 0 Å². The minimum Gasteiger partial charge on any atom is -0.383 e. The van der Waals surface area contributed by atoms with Crippen LogP contribution < -0.4 is 5.32 Å². The molecule has 0 radical (unpaired) electrons. The van der Waals surface area contributed by atoms with E-state index in [0.29, 0.717) is 5.56 Å². The highest BCUT2D eigenvalue weighted by Gasteiger charge is 2.32. The molecule has 104 valence electrons. The molecular formula is C16H23NO2. The van der Waals surface area contributed by atoms with Gasteiger partial charge in [-0.05, 0) is 18.6 Å². The van der Waals surface area contributed by atoms with Gasteiger partial charge in [0, 0.05) is 11.3 Å². The number of carbonyl (C=O) groups is 1. The average molecular weight is 261 g/mol. The van der Waals surface area contributed by atoms with Crippen molar-refractivity contribution in [2.45, 2.75) is 57.6 Å². The van der Waals surface area contributed by atoms with Crippen LogP contribution in [0.3, 0.4) is 0 Å². The third-order valence-corrected chi connectivity index (χ3v) is 3.80. The molecule has 3 heteroatoms. The number of aliphatic hydroxyl groups is 1. The zero-order valence-electron chi connectivity index (χ0n) is 11.6. The Balaban J connectivity index is 1.91.